The van der Waals surface area contributed by atoms with E-state index in [-0.39, 0.29) is 0 Å². The first kappa shape index (κ1) is 9.54. The lowest BCUT2D eigenvalue weighted by molar-refractivity contribution is 0.357. The number of hydrogen-bond acceptors (Lipinski definition) is 3. The number of nitrogens with zero attached hydrogens (tertiary/aromatic N) is 1. The van der Waals surface area contributed by atoms with E-state index in [1.54, 1.807) is 0 Å². The summed E-state index contributed by atoms with van der Waals surface area (Å²) >= 11 is 4.96. The summed E-state index contributed by atoms with van der Waals surface area (Å²) in [5, 5.41) is 7.00. The molecule has 2 heterocycles. The van der Waals surface area contributed by atoms with Gasteiger partial charge in [0.1, 0.15) is 10.4 Å². The maximum atomic E-state index is 5.46. The van der Waals surface area contributed by atoms with Crippen molar-refractivity contribution in [3.8, 4) is 17.0 Å². The molecule has 80 valence electrons. The van der Waals surface area contributed by atoms with E-state index in [9.17, 15) is 0 Å². The number of nitrogens with one attached hydrogen (secondary N) is 1. The van der Waals surface area contributed by atoms with Gasteiger partial charge in [-0.2, -0.15) is 5.10 Å². The zero-order chi connectivity index (χ0) is 11.0. The van der Waals surface area contributed by atoms with Gasteiger partial charge >= 0.3 is 0 Å². The summed E-state index contributed by atoms with van der Waals surface area (Å²) in [7, 11) is 0. The molecule has 4 heteroatoms. The highest BCUT2D eigenvalue weighted by Gasteiger charge is 2.12. The fourth-order valence-corrected chi connectivity index (χ4v) is 1.96. The molecule has 3 rings (SSSR count). The van der Waals surface area contributed by atoms with E-state index in [0.29, 0.717) is 4.64 Å². The van der Waals surface area contributed by atoms with E-state index in [4.69, 9.17) is 17.0 Å². The molecule has 1 aliphatic heterocycles. The number of ether oxygens (including phenoxy) is 1. The first-order chi connectivity index (χ1) is 7.83. The van der Waals surface area contributed by atoms with Gasteiger partial charge < -0.3 is 4.74 Å². The Morgan fingerprint density at radius 3 is 3.00 bits per heavy atom. The quantitative estimate of drug-likeness (QED) is 0.765. The molecule has 0 bridgehead atoms. The smallest absolute Gasteiger partial charge is 0.122 e. The molecular formula is C12H10N2OS. The van der Waals surface area contributed by atoms with Gasteiger partial charge in [0.25, 0.3) is 0 Å². The van der Waals surface area contributed by atoms with Crippen molar-refractivity contribution in [1.82, 2.24) is 10.2 Å². The van der Waals surface area contributed by atoms with Crippen LogP contribution in [0.5, 0.6) is 5.75 Å². The first-order valence-electron chi connectivity index (χ1n) is 5.15. The number of benzene rings is 1. The molecular weight excluding hydrogens is 220 g/mol. The van der Waals surface area contributed by atoms with Gasteiger partial charge in [0.05, 0.1) is 12.3 Å². The Hall–Kier alpha value is -1.68. The molecule has 1 aliphatic rings. The van der Waals surface area contributed by atoms with Gasteiger partial charge in [0.15, 0.2) is 0 Å². The average molecular weight is 230 g/mol. The molecule has 0 radical (unpaired) electrons. The van der Waals surface area contributed by atoms with Gasteiger partial charge in [0, 0.05) is 12.0 Å². The van der Waals surface area contributed by atoms with Crippen molar-refractivity contribution in [2.75, 3.05) is 6.61 Å². The van der Waals surface area contributed by atoms with Gasteiger partial charge in [-0.1, -0.05) is 12.2 Å². The Kier molecular flexibility index (Phi) is 2.22. The largest absolute Gasteiger partial charge is 0.493 e. The number of aromatic nitrogens is 2. The van der Waals surface area contributed by atoms with Gasteiger partial charge in [-0.25, -0.2) is 0 Å². The molecule has 16 heavy (non-hydrogen) atoms. The number of rotatable bonds is 1. The normalized spacial score (nSPS) is 13.2. The summed E-state index contributed by atoms with van der Waals surface area (Å²) in [5.74, 6) is 0.993. The van der Waals surface area contributed by atoms with E-state index in [1.165, 1.54) is 5.56 Å². The van der Waals surface area contributed by atoms with E-state index < -0.39 is 0 Å². The third kappa shape index (κ3) is 1.61. The molecule has 3 nitrogen and oxygen atoms in total. The van der Waals surface area contributed by atoms with Gasteiger partial charge in [-0.3, -0.25) is 5.10 Å². The summed E-state index contributed by atoms with van der Waals surface area (Å²) in [4.78, 5) is 0. The summed E-state index contributed by atoms with van der Waals surface area (Å²) in [5.41, 5.74) is 3.25. The molecule has 0 aliphatic carbocycles. The Labute approximate surface area is 98.1 Å². The monoisotopic (exact) mass is 230 g/mol. The molecule has 0 amide bonds. The topological polar surface area (TPSA) is 37.9 Å². The molecule has 0 saturated heterocycles. The highest BCUT2D eigenvalue weighted by atomic mass is 32.1. The third-order valence-corrected chi connectivity index (χ3v) is 2.89. The SMILES string of the molecule is S=c1ccc(-c2ccc3c(c2)CCO3)n[nH]1. The van der Waals surface area contributed by atoms with Crippen molar-refractivity contribution < 1.29 is 4.74 Å². The number of hydrogen-bond donors (Lipinski definition) is 1. The van der Waals surface area contributed by atoms with Crippen molar-refractivity contribution in [3.05, 3.63) is 40.5 Å². The first-order valence-corrected chi connectivity index (χ1v) is 5.55. The lowest BCUT2D eigenvalue weighted by Gasteiger charge is -2.02. The van der Waals surface area contributed by atoms with Crippen LogP contribution in [-0.2, 0) is 6.42 Å². The number of aromatic amines is 1. The van der Waals surface area contributed by atoms with E-state index in [0.717, 1.165) is 30.0 Å². The minimum atomic E-state index is 0.647. The highest BCUT2D eigenvalue weighted by molar-refractivity contribution is 7.71. The van der Waals surface area contributed by atoms with Crippen LogP contribution in [0.4, 0.5) is 0 Å². The molecule has 0 spiro atoms. The average Bonchev–Trinajstić information content (AvgIpc) is 2.77. The molecule has 0 unspecified atom stereocenters. The molecule has 0 saturated carbocycles. The zero-order valence-electron chi connectivity index (χ0n) is 8.56. The lowest BCUT2D eigenvalue weighted by Crippen LogP contribution is -1.88. The second-order valence-corrected chi connectivity index (χ2v) is 4.17. The van der Waals surface area contributed by atoms with Crippen LogP contribution >= 0.6 is 12.2 Å². The number of H-pyrrole nitrogens is 1. The summed E-state index contributed by atoms with van der Waals surface area (Å²) in [6, 6.07) is 9.92. The fourth-order valence-electron chi connectivity index (χ4n) is 1.85. The minimum absolute atomic E-state index is 0.647. The van der Waals surface area contributed by atoms with Crippen molar-refractivity contribution in [2.45, 2.75) is 6.42 Å². The van der Waals surface area contributed by atoms with Crippen LogP contribution in [-0.4, -0.2) is 16.8 Å². The van der Waals surface area contributed by atoms with E-state index in [1.807, 2.05) is 24.3 Å². The Morgan fingerprint density at radius 1 is 1.25 bits per heavy atom. The summed E-state index contributed by atoms with van der Waals surface area (Å²) < 4.78 is 6.11. The lowest BCUT2D eigenvalue weighted by atomic mass is 10.1. The molecule has 1 aromatic heterocycles. The second-order valence-electron chi connectivity index (χ2n) is 3.73. The molecule has 0 atom stereocenters. The van der Waals surface area contributed by atoms with Gasteiger partial charge in [-0.15, -0.1) is 0 Å². The maximum absolute atomic E-state index is 5.46. The van der Waals surface area contributed by atoms with Gasteiger partial charge in [0.2, 0.25) is 0 Å². The van der Waals surface area contributed by atoms with Crippen LogP contribution in [0.3, 0.4) is 0 Å². The fraction of sp³-hybridized carbons (Fsp3) is 0.167. The standard InChI is InChI=1S/C12H10N2OS/c16-12-4-2-10(13-14-12)8-1-3-11-9(7-8)5-6-15-11/h1-4,7H,5-6H2,(H,14,16). The van der Waals surface area contributed by atoms with Crippen LogP contribution in [0.25, 0.3) is 11.3 Å². The van der Waals surface area contributed by atoms with Crippen LogP contribution < -0.4 is 4.74 Å². The van der Waals surface area contributed by atoms with Crippen molar-refractivity contribution in [1.29, 1.82) is 0 Å². The van der Waals surface area contributed by atoms with E-state index in [2.05, 4.69) is 16.3 Å². The van der Waals surface area contributed by atoms with Crippen LogP contribution in [0.2, 0.25) is 0 Å². The van der Waals surface area contributed by atoms with Crippen molar-refractivity contribution in [3.63, 3.8) is 0 Å². The predicted octanol–water partition coefficient (Wildman–Crippen LogP) is 2.74. The van der Waals surface area contributed by atoms with Crippen LogP contribution in [0, 0.1) is 4.64 Å². The van der Waals surface area contributed by atoms with Crippen LogP contribution in [0.15, 0.2) is 30.3 Å². The molecule has 2 aromatic rings. The Morgan fingerprint density at radius 2 is 2.19 bits per heavy atom. The Bertz CT molecular complexity index is 571. The second kappa shape index (κ2) is 3.72. The predicted molar refractivity (Wildman–Crippen MR) is 64.1 cm³/mol. The maximum Gasteiger partial charge on any atom is 0.122 e. The summed E-state index contributed by atoms with van der Waals surface area (Å²) in [6.07, 6.45) is 0.978. The van der Waals surface area contributed by atoms with E-state index >= 15 is 0 Å². The third-order valence-electron chi connectivity index (χ3n) is 2.66. The van der Waals surface area contributed by atoms with Crippen molar-refractivity contribution >= 4 is 12.2 Å². The highest BCUT2D eigenvalue weighted by Crippen LogP contribution is 2.29. The molecule has 1 aromatic carbocycles. The van der Waals surface area contributed by atoms with Crippen molar-refractivity contribution in [2.24, 2.45) is 0 Å². The summed E-state index contributed by atoms with van der Waals surface area (Å²) in [6.45, 7) is 0.781. The molecule has 0 fully saturated rings. The minimum Gasteiger partial charge on any atom is -0.493 e. The number of fused-ring (bicyclic) bond motifs is 1. The zero-order valence-corrected chi connectivity index (χ0v) is 9.38. The molecule has 1 N–H and O–H groups in total. The van der Waals surface area contributed by atoms with Crippen LogP contribution in [0.1, 0.15) is 5.56 Å². The Balaban J connectivity index is 2.07. The van der Waals surface area contributed by atoms with Gasteiger partial charge in [-0.05, 0) is 35.9 Å².